The van der Waals surface area contributed by atoms with Crippen LogP contribution in [0.15, 0.2) is 18.2 Å². The number of rotatable bonds is 1. The molecule has 1 atom stereocenters. The maximum Gasteiger partial charge on any atom is 0.0791 e. The Hall–Kier alpha value is -0.800. The van der Waals surface area contributed by atoms with Crippen LogP contribution in [-0.4, -0.2) is 20.4 Å². The zero-order valence-corrected chi connectivity index (χ0v) is 8.89. The third kappa shape index (κ3) is 3.61. The van der Waals surface area contributed by atoms with Crippen molar-refractivity contribution in [3.05, 3.63) is 34.9 Å². The summed E-state index contributed by atoms with van der Waals surface area (Å²) in [4.78, 5) is 0. The van der Waals surface area contributed by atoms with Crippen molar-refractivity contribution in [3.8, 4) is 0 Å². The van der Waals surface area contributed by atoms with Crippen LogP contribution in [0.3, 0.4) is 0 Å². The van der Waals surface area contributed by atoms with E-state index in [-0.39, 0.29) is 0 Å². The molecule has 0 aliphatic heterocycles. The molecule has 13 heavy (non-hydrogen) atoms. The standard InChI is InChI=1S/C10H14O2S/c1-8-4-9(2)6-10(5-8)7-13(3,11)12/h4-7H,1-3H3,(H,11,12). The zero-order chi connectivity index (χ0) is 10.1. The molecule has 1 aromatic carbocycles. The van der Waals surface area contributed by atoms with E-state index in [0.29, 0.717) is 0 Å². The highest BCUT2D eigenvalue weighted by Gasteiger charge is 1.96. The monoisotopic (exact) mass is 198 g/mol. The van der Waals surface area contributed by atoms with Crippen LogP contribution in [0.1, 0.15) is 16.7 Å². The molecular weight excluding hydrogens is 184 g/mol. The minimum absolute atomic E-state index is 0.813. The topological polar surface area (TPSA) is 37.3 Å². The average molecular weight is 198 g/mol. The first-order valence-corrected chi connectivity index (χ1v) is 6.00. The Bertz CT molecular complexity index is 398. The second-order valence-corrected chi connectivity index (χ2v) is 5.36. The minimum Gasteiger partial charge on any atom is -0.314 e. The zero-order valence-electron chi connectivity index (χ0n) is 8.07. The normalized spacial score (nSPS) is 15.1. The van der Waals surface area contributed by atoms with E-state index in [2.05, 4.69) is 0 Å². The summed E-state index contributed by atoms with van der Waals surface area (Å²) in [6, 6.07) is 5.82. The number of aryl methyl sites for hydroxylation is 2. The van der Waals surface area contributed by atoms with Crippen molar-refractivity contribution in [2.45, 2.75) is 13.8 Å². The van der Waals surface area contributed by atoms with E-state index < -0.39 is 9.80 Å². The summed E-state index contributed by atoms with van der Waals surface area (Å²) in [5.74, 6) is 0. The predicted molar refractivity (Wildman–Crippen MR) is 57.8 cm³/mol. The van der Waals surface area contributed by atoms with Crippen LogP contribution in [-0.2, 0) is 9.80 Å². The van der Waals surface area contributed by atoms with Gasteiger partial charge < -0.3 is 4.55 Å². The van der Waals surface area contributed by atoms with Crippen molar-refractivity contribution in [2.75, 3.05) is 6.26 Å². The minimum atomic E-state index is -2.79. The van der Waals surface area contributed by atoms with E-state index in [9.17, 15) is 4.21 Å². The molecule has 0 radical (unpaired) electrons. The van der Waals surface area contributed by atoms with Gasteiger partial charge in [-0.2, -0.15) is 0 Å². The average Bonchev–Trinajstić information content (AvgIpc) is 1.78. The summed E-state index contributed by atoms with van der Waals surface area (Å²) in [6.07, 6.45) is 1.31. The Morgan fingerprint density at radius 3 is 2.08 bits per heavy atom. The Labute approximate surface area is 79.4 Å². The Balaban J connectivity index is 3.25. The van der Waals surface area contributed by atoms with Crippen molar-refractivity contribution in [3.63, 3.8) is 0 Å². The van der Waals surface area contributed by atoms with Gasteiger partial charge in [-0.25, -0.2) is 4.21 Å². The molecule has 0 bridgehead atoms. The highest BCUT2D eigenvalue weighted by Crippen LogP contribution is 2.07. The maximum atomic E-state index is 11.1. The molecule has 1 aromatic rings. The third-order valence-corrected chi connectivity index (χ3v) is 2.31. The van der Waals surface area contributed by atoms with E-state index in [4.69, 9.17) is 4.55 Å². The van der Waals surface area contributed by atoms with Crippen molar-refractivity contribution >= 4 is 15.2 Å². The Morgan fingerprint density at radius 1 is 1.23 bits per heavy atom. The molecule has 1 unspecified atom stereocenters. The van der Waals surface area contributed by atoms with Gasteiger partial charge in [0.25, 0.3) is 0 Å². The second-order valence-electron chi connectivity index (χ2n) is 3.40. The fourth-order valence-electron chi connectivity index (χ4n) is 1.33. The molecule has 0 amide bonds. The highest BCUT2D eigenvalue weighted by atomic mass is 32.2. The molecule has 0 fully saturated rings. The molecule has 72 valence electrons. The van der Waals surface area contributed by atoms with Gasteiger partial charge in [-0.3, -0.25) is 0 Å². The van der Waals surface area contributed by atoms with Crippen LogP contribution in [0.5, 0.6) is 0 Å². The van der Waals surface area contributed by atoms with Crippen molar-refractivity contribution in [1.29, 1.82) is 0 Å². The summed E-state index contributed by atoms with van der Waals surface area (Å²) < 4.78 is 20.2. The van der Waals surface area contributed by atoms with E-state index in [1.807, 2.05) is 32.0 Å². The SMILES string of the molecule is Cc1cc(C)cc(C=S(C)(=O)O)c1. The fraction of sp³-hybridized carbons (Fsp3) is 0.300. The molecule has 0 aliphatic rings. The van der Waals surface area contributed by atoms with Crippen molar-refractivity contribution in [2.24, 2.45) is 0 Å². The van der Waals surface area contributed by atoms with Crippen LogP contribution in [0.2, 0.25) is 0 Å². The largest absolute Gasteiger partial charge is 0.314 e. The molecule has 0 heterocycles. The van der Waals surface area contributed by atoms with Gasteiger partial charge in [-0.15, -0.1) is 0 Å². The third-order valence-electron chi connectivity index (χ3n) is 1.60. The highest BCUT2D eigenvalue weighted by molar-refractivity contribution is 7.95. The molecule has 0 saturated heterocycles. The lowest BCUT2D eigenvalue weighted by atomic mass is 10.1. The summed E-state index contributed by atoms with van der Waals surface area (Å²) in [5, 5.41) is 1.40. The van der Waals surface area contributed by atoms with E-state index in [1.165, 1.54) is 11.6 Å². The summed E-state index contributed by atoms with van der Waals surface area (Å²) >= 11 is 0. The molecule has 2 nitrogen and oxygen atoms in total. The van der Waals surface area contributed by atoms with Gasteiger partial charge in [0.05, 0.1) is 9.80 Å². The molecule has 0 aliphatic carbocycles. The van der Waals surface area contributed by atoms with Gasteiger partial charge in [0.1, 0.15) is 0 Å². The van der Waals surface area contributed by atoms with Gasteiger partial charge in [-0.1, -0.05) is 29.3 Å². The quantitative estimate of drug-likeness (QED) is 0.699. The first kappa shape index (κ1) is 10.3. The molecule has 0 spiro atoms. The van der Waals surface area contributed by atoms with Crippen LogP contribution in [0.4, 0.5) is 0 Å². The first-order valence-electron chi connectivity index (χ1n) is 4.01. The van der Waals surface area contributed by atoms with Crippen LogP contribution >= 0.6 is 0 Å². The predicted octanol–water partition coefficient (Wildman–Crippen LogP) is 1.84. The summed E-state index contributed by atoms with van der Waals surface area (Å²) in [6.45, 7) is 3.94. The molecule has 1 N–H and O–H groups in total. The summed E-state index contributed by atoms with van der Waals surface area (Å²) in [7, 11) is -2.79. The van der Waals surface area contributed by atoms with Gasteiger partial charge in [0, 0.05) is 11.6 Å². The summed E-state index contributed by atoms with van der Waals surface area (Å²) in [5.41, 5.74) is 3.03. The van der Waals surface area contributed by atoms with Crippen LogP contribution < -0.4 is 0 Å². The molecule has 0 aromatic heterocycles. The van der Waals surface area contributed by atoms with E-state index in [1.54, 1.807) is 0 Å². The lowest BCUT2D eigenvalue weighted by molar-refractivity contribution is 0.566. The van der Waals surface area contributed by atoms with Gasteiger partial charge in [0.15, 0.2) is 0 Å². The second kappa shape index (κ2) is 3.52. The number of benzene rings is 1. The van der Waals surface area contributed by atoms with E-state index >= 15 is 0 Å². The Kier molecular flexibility index (Phi) is 2.78. The van der Waals surface area contributed by atoms with Gasteiger partial charge >= 0.3 is 0 Å². The van der Waals surface area contributed by atoms with Crippen LogP contribution in [0.25, 0.3) is 0 Å². The van der Waals surface area contributed by atoms with Crippen molar-refractivity contribution in [1.82, 2.24) is 0 Å². The van der Waals surface area contributed by atoms with Crippen LogP contribution in [0, 0.1) is 13.8 Å². The van der Waals surface area contributed by atoms with Gasteiger partial charge in [0.2, 0.25) is 0 Å². The fourth-order valence-corrected chi connectivity index (χ4v) is 1.97. The van der Waals surface area contributed by atoms with E-state index in [0.717, 1.165) is 16.7 Å². The number of hydrogen-bond donors (Lipinski definition) is 1. The Morgan fingerprint density at radius 2 is 1.69 bits per heavy atom. The maximum absolute atomic E-state index is 11.1. The molecule has 3 heteroatoms. The number of hydrogen-bond acceptors (Lipinski definition) is 1. The van der Waals surface area contributed by atoms with Gasteiger partial charge in [-0.05, 0) is 19.4 Å². The van der Waals surface area contributed by atoms with Crippen molar-refractivity contribution < 1.29 is 8.76 Å². The molecule has 1 rings (SSSR count). The lowest BCUT2D eigenvalue weighted by Crippen LogP contribution is -1.99. The molecule has 0 saturated carbocycles. The lowest BCUT2D eigenvalue weighted by Gasteiger charge is -2.00. The smallest absolute Gasteiger partial charge is 0.0791 e. The first-order chi connectivity index (χ1) is 5.87. The molecular formula is C10H14O2S.